The summed E-state index contributed by atoms with van der Waals surface area (Å²) < 4.78 is 2.00. The van der Waals surface area contributed by atoms with Crippen molar-refractivity contribution in [2.75, 3.05) is 19.6 Å². The zero-order valence-corrected chi connectivity index (χ0v) is 15.0. The molecule has 0 aliphatic carbocycles. The van der Waals surface area contributed by atoms with E-state index in [0.29, 0.717) is 11.8 Å². The van der Waals surface area contributed by atoms with Crippen LogP contribution in [0.5, 0.6) is 0 Å². The van der Waals surface area contributed by atoms with E-state index in [2.05, 4.69) is 35.9 Å². The molecule has 130 valence electrons. The topological polar surface area (TPSA) is 38.1 Å². The normalized spacial score (nSPS) is 22.3. The van der Waals surface area contributed by atoms with Gasteiger partial charge < -0.3 is 4.57 Å². The molecule has 0 radical (unpaired) electrons. The van der Waals surface area contributed by atoms with Crippen LogP contribution in [-0.2, 0) is 6.54 Å². The minimum Gasteiger partial charge on any atom is -0.312 e. The summed E-state index contributed by atoms with van der Waals surface area (Å²) in [6, 6.07) is 9.78. The molecule has 0 amide bonds. The first kappa shape index (κ1) is 16.3. The highest BCUT2D eigenvalue weighted by Crippen LogP contribution is 2.36. The van der Waals surface area contributed by atoms with E-state index in [-0.39, 0.29) is 5.56 Å². The Bertz CT molecular complexity index is 849. The maximum atomic E-state index is 12.7. The number of piperidine rings is 1. The Morgan fingerprint density at radius 1 is 1.24 bits per heavy atom. The molecule has 25 heavy (non-hydrogen) atoms. The van der Waals surface area contributed by atoms with Gasteiger partial charge in [0, 0.05) is 55.6 Å². The molecule has 2 aliphatic rings. The van der Waals surface area contributed by atoms with Gasteiger partial charge in [-0.25, -0.2) is 0 Å². The van der Waals surface area contributed by atoms with Gasteiger partial charge in [0.2, 0.25) is 0 Å². The van der Waals surface area contributed by atoms with Crippen molar-refractivity contribution >= 4 is 0 Å². The van der Waals surface area contributed by atoms with E-state index < -0.39 is 0 Å². The Labute approximate surface area is 148 Å². The molecule has 2 aliphatic heterocycles. The molecule has 1 fully saturated rings. The molecule has 4 heteroatoms. The fraction of sp³-hybridized carbons (Fsp3) is 0.429. The second-order valence-corrected chi connectivity index (χ2v) is 7.63. The fourth-order valence-corrected chi connectivity index (χ4v) is 4.20. The highest BCUT2D eigenvalue weighted by Gasteiger charge is 2.34. The van der Waals surface area contributed by atoms with E-state index >= 15 is 0 Å². The van der Waals surface area contributed by atoms with Gasteiger partial charge in [-0.1, -0.05) is 17.7 Å². The number of hydrogen-bond acceptors (Lipinski definition) is 3. The first-order valence-corrected chi connectivity index (χ1v) is 9.12. The van der Waals surface area contributed by atoms with Crippen LogP contribution >= 0.6 is 0 Å². The quantitative estimate of drug-likeness (QED) is 0.808. The van der Waals surface area contributed by atoms with Gasteiger partial charge in [-0.15, -0.1) is 0 Å². The van der Waals surface area contributed by atoms with Crippen molar-refractivity contribution in [3.63, 3.8) is 0 Å². The molecule has 2 aromatic heterocycles. The molecule has 2 bridgehead atoms. The second kappa shape index (κ2) is 6.60. The molecule has 1 saturated heterocycles. The van der Waals surface area contributed by atoms with Crippen molar-refractivity contribution in [1.29, 1.82) is 0 Å². The van der Waals surface area contributed by atoms with Crippen molar-refractivity contribution in [2.45, 2.75) is 32.7 Å². The zero-order valence-electron chi connectivity index (χ0n) is 15.0. The summed E-state index contributed by atoms with van der Waals surface area (Å²) in [5.74, 6) is 1.02. The van der Waals surface area contributed by atoms with E-state index in [1.54, 1.807) is 12.3 Å². The number of likely N-dealkylation sites (tertiary alicyclic amines) is 1. The van der Waals surface area contributed by atoms with Crippen LogP contribution in [0.3, 0.4) is 0 Å². The van der Waals surface area contributed by atoms with E-state index in [1.165, 1.54) is 17.7 Å². The van der Waals surface area contributed by atoms with Gasteiger partial charge in [-0.3, -0.25) is 14.7 Å². The number of pyridine rings is 2. The van der Waals surface area contributed by atoms with Crippen molar-refractivity contribution in [3.8, 4) is 11.3 Å². The van der Waals surface area contributed by atoms with Crippen LogP contribution in [0.15, 0.2) is 53.0 Å². The summed E-state index contributed by atoms with van der Waals surface area (Å²) >= 11 is 0. The first-order chi connectivity index (χ1) is 12.1. The lowest BCUT2D eigenvalue weighted by molar-refractivity contribution is 0.131. The Kier molecular flexibility index (Phi) is 4.30. The van der Waals surface area contributed by atoms with E-state index in [9.17, 15) is 4.79 Å². The SMILES string of the molecule is CC(C)=CCN1C[C@@H]2C[C@H](C1)c1cc(-c3ccccn3)cc(=O)n1C2. The van der Waals surface area contributed by atoms with Gasteiger partial charge in [0.05, 0.1) is 5.69 Å². The number of hydrogen-bond donors (Lipinski definition) is 0. The maximum absolute atomic E-state index is 12.7. The zero-order chi connectivity index (χ0) is 17.4. The average Bonchev–Trinajstić information content (AvgIpc) is 2.61. The molecule has 0 spiro atoms. The molecule has 4 nitrogen and oxygen atoms in total. The molecule has 0 aromatic carbocycles. The Morgan fingerprint density at radius 3 is 2.88 bits per heavy atom. The molecule has 4 rings (SSSR count). The van der Waals surface area contributed by atoms with Gasteiger partial charge >= 0.3 is 0 Å². The Morgan fingerprint density at radius 2 is 2.12 bits per heavy atom. The summed E-state index contributed by atoms with van der Waals surface area (Å²) in [5.41, 5.74) is 4.49. The van der Waals surface area contributed by atoms with Gasteiger partial charge in [0.1, 0.15) is 0 Å². The van der Waals surface area contributed by atoms with Gasteiger partial charge in [-0.2, -0.15) is 0 Å². The molecular weight excluding hydrogens is 310 g/mol. The smallest absolute Gasteiger partial charge is 0.251 e. The van der Waals surface area contributed by atoms with E-state index in [1.807, 2.05) is 22.8 Å². The summed E-state index contributed by atoms with van der Waals surface area (Å²) in [6.45, 7) is 8.29. The number of rotatable bonds is 3. The second-order valence-electron chi connectivity index (χ2n) is 7.63. The Hall–Kier alpha value is -2.20. The van der Waals surface area contributed by atoms with E-state index in [4.69, 9.17) is 0 Å². The molecular formula is C21H25N3O. The van der Waals surface area contributed by atoms with Crippen LogP contribution in [0.1, 0.15) is 31.9 Å². The highest BCUT2D eigenvalue weighted by atomic mass is 16.1. The minimum atomic E-state index is 0.116. The third-order valence-corrected chi connectivity index (χ3v) is 5.35. The van der Waals surface area contributed by atoms with Crippen molar-refractivity contribution < 1.29 is 0 Å². The highest BCUT2D eigenvalue weighted by molar-refractivity contribution is 5.59. The first-order valence-electron chi connectivity index (χ1n) is 9.12. The number of nitrogens with zero attached hydrogens (tertiary/aromatic N) is 3. The largest absolute Gasteiger partial charge is 0.312 e. The number of aromatic nitrogens is 2. The fourth-order valence-electron chi connectivity index (χ4n) is 4.20. The summed E-state index contributed by atoms with van der Waals surface area (Å²) in [5, 5.41) is 0. The third kappa shape index (κ3) is 3.31. The predicted octanol–water partition coefficient (Wildman–Crippen LogP) is 3.30. The standard InChI is InChI=1S/C21H25N3O/c1-15(2)6-8-23-12-16-9-18(14-23)20-10-17(11-21(25)24(20)13-16)19-5-3-4-7-22-19/h3-7,10-11,16,18H,8-9,12-14H2,1-2H3/t16-,18+/m0/s1. The van der Waals surface area contributed by atoms with Crippen LogP contribution in [-0.4, -0.2) is 34.1 Å². The minimum absolute atomic E-state index is 0.116. The summed E-state index contributed by atoms with van der Waals surface area (Å²) in [4.78, 5) is 19.6. The van der Waals surface area contributed by atoms with Gasteiger partial charge in [-0.05, 0) is 44.4 Å². The van der Waals surface area contributed by atoms with Crippen LogP contribution in [0.4, 0.5) is 0 Å². The van der Waals surface area contributed by atoms with Gasteiger partial charge in [0.15, 0.2) is 0 Å². The molecule has 2 aromatic rings. The predicted molar refractivity (Wildman–Crippen MR) is 101 cm³/mol. The van der Waals surface area contributed by atoms with Crippen molar-refractivity contribution in [3.05, 3.63) is 64.2 Å². The van der Waals surface area contributed by atoms with Crippen molar-refractivity contribution in [2.24, 2.45) is 5.92 Å². The third-order valence-electron chi connectivity index (χ3n) is 5.35. The Balaban J connectivity index is 1.68. The molecule has 0 saturated carbocycles. The van der Waals surface area contributed by atoms with E-state index in [0.717, 1.165) is 37.4 Å². The number of allylic oxidation sites excluding steroid dienone is 1. The van der Waals surface area contributed by atoms with Crippen LogP contribution in [0.25, 0.3) is 11.3 Å². The summed E-state index contributed by atoms with van der Waals surface area (Å²) in [6.07, 6.45) is 5.28. The summed E-state index contributed by atoms with van der Waals surface area (Å²) in [7, 11) is 0. The molecule has 0 unspecified atom stereocenters. The molecule has 0 N–H and O–H groups in total. The molecule has 2 atom stereocenters. The lowest BCUT2D eigenvalue weighted by atomic mass is 9.82. The lowest BCUT2D eigenvalue weighted by Crippen LogP contribution is -2.47. The monoisotopic (exact) mass is 335 g/mol. The lowest BCUT2D eigenvalue weighted by Gasteiger charge is -2.42. The van der Waals surface area contributed by atoms with Crippen LogP contribution < -0.4 is 5.56 Å². The van der Waals surface area contributed by atoms with Gasteiger partial charge in [0.25, 0.3) is 5.56 Å². The molecule has 4 heterocycles. The number of fused-ring (bicyclic) bond motifs is 4. The van der Waals surface area contributed by atoms with Crippen LogP contribution in [0.2, 0.25) is 0 Å². The van der Waals surface area contributed by atoms with Crippen molar-refractivity contribution in [1.82, 2.24) is 14.5 Å². The maximum Gasteiger partial charge on any atom is 0.251 e. The average molecular weight is 335 g/mol. The van der Waals surface area contributed by atoms with Crippen LogP contribution in [0, 0.1) is 5.92 Å².